The molecule has 0 unspecified atom stereocenters. The molecule has 2 aliphatic heterocycles. The fourth-order valence-corrected chi connectivity index (χ4v) is 6.63. The van der Waals surface area contributed by atoms with E-state index in [1.54, 1.807) is 6.20 Å². The number of carbonyl (C=O) groups is 1. The third kappa shape index (κ3) is 4.99. The fourth-order valence-electron chi connectivity index (χ4n) is 4.72. The van der Waals surface area contributed by atoms with Gasteiger partial charge in [0.05, 0.1) is 30.2 Å². The van der Waals surface area contributed by atoms with E-state index >= 15 is 0 Å². The number of piperidine rings is 1. The lowest BCUT2D eigenvalue weighted by Crippen LogP contribution is -2.50. The van der Waals surface area contributed by atoms with Crippen LogP contribution in [0.25, 0.3) is 0 Å². The van der Waals surface area contributed by atoms with Crippen molar-refractivity contribution < 1.29 is 36.2 Å². The lowest BCUT2D eigenvalue weighted by atomic mass is 9.81. The van der Waals surface area contributed by atoms with E-state index in [1.807, 2.05) is 6.92 Å². The molecule has 0 aromatic carbocycles. The second-order valence-corrected chi connectivity index (χ2v) is 12.2. The second-order valence-electron chi connectivity index (χ2n) is 8.89. The van der Waals surface area contributed by atoms with E-state index in [4.69, 9.17) is 4.74 Å². The predicted molar refractivity (Wildman–Crippen MR) is 116 cm³/mol. The Morgan fingerprint density at radius 2 is 2.15 bits per heavy atom. The molecular formula is C20H25F3N4O5S2. The highest BCUT2D eigenvalue weighted by Crippen LogP contribution is 2.51. The minimum atomic E-state index is -4.74. The van der Waals surface area contributed by atoms with Gasteiger partial charge in [0.25, 0.3) is 0 Å². The lowest BCUT2D eigenvalue weighted by molar-refractivity contribution is -0.134. The molecule has 2 aromatic rings. The molecule has 1 fully saturated rings. The molecule has 0 amide bonds. The van der Waals surface area contributed by atoms with E-state index < -0.39 is 38.0 Å². The number of aryl methyl sites for hydroxylation is 1. The smallest absolute Gasteiger partial charge is 0.426 e. The number of aromatic carboxylic acids is 1. The summed E-state index contributed by atoms with van der Waals surface area (Å²) >= 11 is 0.496. The number of fused-ring (bicyclic) bond motifs is 2. The van der Waals surface area contributed by atoms with Gasteiger partial charge in [0.1, 0.15) is 20.3 Å². The van der Waals surface area contributed by atoms with Crippen molar-refractivity contribution in [1.29, 1.82) is 0 Å². The summed E-state index contributed by atoms with van der Waals surface area (Å²) in [6, 6.07) is -0.0782. The number of nitrogens with zero attached hydrogens (tertiary/aromatic N) is 4. The molecule has 0 radical (unpaired) electrons. The van der Waals surface area contributed by atoms with Crippen molar-refractivity contribution in [2.24, 2.45) is 0 Å². The van der Waals surface area contributed by atoms with E-state index in [0.29, 0.717) is 47.8 Å². The van der Waals surface area contributed by atoms with Gasteiger partial charge in [-0.3, -0.25) is 9.58 Å². The Hall–Kier alpha value is -2.03. The molecule has 4 heterocycles. The number of carboxylic acid groups (broad SMARTS) is 1. The third-order valence-electron chi connectivity index (χ3n) is 6.32. The standard InChI is InChI=1S/C20H25F3N4O5S2/c1-12-9-19(4-5-26(12)10-13-11-27(25-24-13)6-8-34(2,30)31)16-14(3-7-32-19)15(18(28)29)17(33-16)20(21,22)23/h11-12H,3-10H2,1-2H3,(H,28,29)/t12-,19+/m0/s1. The maximum atomic E-state index is 13.6. The summed E-state index contributed by atoms with van der Waals surface area (Å²) in [6.07, 6.45) is -0.931. The largest absolute Gasteiger partial charge is 0.478 e. The highest BCUT2D eigenvalue weighted by molar-refractivity contribution is 7.90. The SMILES string of the molecule is C[C@H]1C[C@@]2(CCN1Cc1cn(CCS(C)(=O)=O)nn1)OCCc1c2sc(C(F)(F)F)c1C(=O)O. The third-order valence-corrected chi connectivity index (χ3v) is 8.70. The van der Waals surface area contributed by atoms with Crippen molar-refractivity contribution in [3.8, 4) is 0 Å². The van der Waals surface area contributed by atoms with Gasteiger partial charge in [-0.2, -0.15) is 13.2 Å². The van der Waals surface area contributed by atoms with E-state index in [0.717, 1.165) is 6.26 Å². The number of halogens is 3. The molecule has 14 heteroatoms. The number of likely N-dealkylation sites (tertiary alicyclic amines) is 1. The van der Waals surface area contributed by atoms with Gasteiger partial charge in [-0.05, 0) is 31.7 Å². The summed E-state index contributed by atoms with van der Waals surface area (Å²) in [7, 11) is -3.12. The van der Waals surface area contributed by atoms with Crippen LogP contribution in [-0.2, 0) is 45.9 Å². The number of rotatable bonds is 6. The van der Waals surface area contributed by atoms with Crippen molar-refractivity contribution in [3.63, 3.8) is 0 Å². The second kappa shape index (κ2) is 8.88. The van der Waals surface area contributed by atoms with E-state index in [-0.39, 0.29) is 36.9 Å². The van der Waals surface area contributed by atoms with Crippen LogP contribution in [0.5, 0.6) is 0 Å². The summed E-state index contributed by atoms with van der Waals surface area (Å²) in [5, 5.41) is 17.6. The zero-order valence-electron chi connectivity index (χ0n) is 18.6. The molecule has 1 spiro atoms. The van der Waals surface area contributed by atoms with Crippen molar-refractivity contribution >= 4 is 27.1 Å². The van der Waals surface area contributed by atoms with Gasteiger partial charge in [0.15, 0.2) is 0 Å². The molecule has 2 aromatic heterocycles. The van der Waals surface area contributed by atoms with Crippen molar-refractivity contribution in [3.05, 3.63) is 32.8 Å². The number of hydrogen-bond acceptors (Lipinski definition) is 8. The molecule has 188 valence electrons. The van der Waals surface area contributed by atoms with Gasteiger partial charge < -0.3 is 9.84 Å². The fraction of sp³-hybridized carbons (Fsp3) is 0.650. The highest BCUT2D eigenvalue weighted by atomic mass is 32.2. The van der Waals surface area contributed by atoms with Crippen molar-refractivity contribution in [2.75, 3.05) is 25.2 Å². The number of sulfone groups is 1. The van der Waals surface area contributed by atoms with Crippen LogP contribution < -0.4 is 0 Å². The summed E-state index contributed by atoms with van der Waals surface area (Å²) in [5.74, 6) is -1.61. The first-order valence-electron chi connectivity index (χ1n) is 10.7. The normalized spacial score (nSPS) is 23.9. The van der Waals surface area contributed by atoms with Gasteiger partial charge in [-0.15, -0.1) is 16.4 Å². The Morgan fingerprint density at radius 3 is 2.76 bits per heavy atom. The lowest BCUT2D eigenvalue weighted by Gasteiger charge is -2.47. The number of hydrogen-bond donors (Lipinski definition) is 1. The Labute approximate surface area is 198 Å². The van der Waals surface area contributed by atoms with Crippen LogP contribution in [0, 0.1) is 0 Å². The first-order valence-corrected chi connectivity index (χ1v) is 13.6. The minimum Gasteiger partial charge on any atom is -0.478 e. The molecule has 0 aliphatic carbocycles. The zero-order chi connectivity index (χ0) is 24.9. The number of ether oxygens (including phenoxy) is 1. The minimum absolute atomic E-state index is 0.0445. The number of aromatic nitrogens is 3. The highest BCUT2D eigenvalue weighted by Gasteiger charge is 2.49. The zero-order valence-corrected chi connectivity index (χ0v) is 20.3. The summed E-state index contributed by atoms with van der Waals surface area (Å²) < 4.78 is 71.0. The molecular weight excluding hydrogens is 497 g/mol. The first kappa shape index (κ1) is 25.1. The summed E-state index contributed by atoms with van der Waals surface area (Å²) in [6.45, 7) is 3.28. The molecule has 2 aliphatic rings. The van der Waals surface area contributed by atoms with E-state index in [1.165, 1.54) is 4.68 Å². The molecule has 1 saturated heterocycles. The quantitative estimate of drug-likeness (QED) is 0.616. The van der Waals surface area contributed by atoms with E-state index in [9.17, 15) is 31.5 Å². The van der Waals surface area contributed by atoms with E-state index in [2.05, 4.69) is 15.2 Å². The van der Waals surface area contributed by atoms with Crippen LogP contribution in [0.1, 0.15) is 51.1 Å². The topological polar surface area (TPSA) is 115 Å². The molecule has 1 N–H and O–H groups in total. The predicted octanol–water partition coefficient (Wildman–Crippen LogP) is 2.55. The Balaban J connectivity index is 1.52. The van der Waals surface area contributed by atoms with Gasteiger partial charge in [0.2, 0.25) is 0 Å². The van der Waals surface area contributed by atoms with Gasteiger partial charge in [-0.25, -0.2) is 13.2 Å². The van der Waals surface area contributed by atoms with Crippen LogP contribution >= 0.6 is 11.3 Å². The van der Waals surface area contributed by atoms with Crippen LogP contribution in [-0.4, -0.2) is 70.6 Å². The first-order chi connectivity index (χ1) is 15.8. The Bertz CT molecular complexity index is 1190. The average Bonchev–Trinajstić information content (AvgIpc) is 3.33. The maximum Gasteiger partial charge on any atom is 0.426 e. The van der Waals surface area contributed by atoms with Crippen LogP contribution in [0.3, 0.4) is 0 Å². The van der Waals surface area contributed by atoms with Gasteiger partial charge in [0, 0.05) is 36.5 Å². The summed E-state index contributed by atoms with van der Waals surface area (Å²) in [4.78, 5) is 13.1. The number of alkyl halides is 3. The van der Waals surface area contributed by atoms with Crippen molar-refractivity contribution in [1.82, 2.24) is 19.9 Å². The van der Waals surface area contributed by atoms with Crippen LogP contribution in [0.15, 0.2) is 6.20 Å². The molecule has 34 heavy (non-hydrogen) atoms. The maximum absolute atomic E-state index is 13.6. The molecule has 4 rings (SSSR count). The Morgan fingerprint density at radius 1 is 1.41 bits per heavy atom. The molecule has 2 atom stereocenters. The van der Waals surface area contributed by atoms with Gasteiger partial charge in [-0.1, -0.05) is 5.21 Å². The Kier molecular flexibility index (Phi) is 6.55. The number of thiophene rings is 1. The summed E-state index contributed by atoms with van der Waals surface area (Å²) in [5.41, 5.74) is -0.693. The molecule has 0 bridgehead atoms. The van der Waals surface area contributed by atoms with Gasteiger partial charge >= 0.3 is 12.1 Å². The average molecular weight is 523 g/mol. The monoisotopic (exact) mass is 522 g/mol. The number of carboxylic acids is 1. The molecule has 9 nitrogen and oxygen atoms in total. The molecule has 0 saturated carbocycles. The van der Waals surface area contributed by atoms with Crippen LogP contribution in [0.2, 0.25) is 0 Å². The van der Waals surface area contributed by atoms with Crippen LogP contribution in [0.4, 0.5) is 13.2 Å². The van der Waals surface area contributed by atoms with Crippen molar-refractivity contribution in [2.45, 2.75) is 57.1 Å².